The highest BCUT2D eigenvalue weighted by Gasteiger charge is 2.23. The molecule has 1 aliphatic rings. The fourth-order valence-corrected chi connectivity index (χ4v) is 3.66. The molecule has 1 aliphatic heterocycles. The van der Waals surface area contributed by atoms with Crippen molar-refractivity contribution in [3.05, 3.63) is 40.1 Å². The van der Waals surface area contributed by atoms with Crippen LogP contribution in [0.5, 0.6) is 0 Å². The predicted molar refractivity (Wildman–Crippen MR) is 80.1 cm³/mol. The van der Waals surface area contributed by atoms with Crippen LogP contribution in [0, 0.1) is 12.8 Å². The average molecular weight is 289 g/mol. The number of fused-ring (bicyclic) bond motifs is 1. The lowest BCUT2D eigenvalue weighted by molar-refractivity contribution is 0.0760. The highest BCUT2D eigenvalue weighted by Crippen LogP contribution is 2.21. The number of aromatic nitrogens is 2. The van der Waals surface area contributed by atoms with E-state index in [4.69, 9.17) is 0 Å². The van der Waals surface area contributed by atoms with E-state index in [-0.39, 0.29) is 5.91 Å². The number of nitrogens with zero attached hydrogens (tertiary/aromatic N) is 3. The molecule has 0 saturated heterocycles. The number of amides is 1. The normalized spacial score (nSPS) is 17.8. The molecule has 0 aromatic carbocycles. The smallest absolute Gasteiger partial charge is 0.254 e. The summed E-state index contributed by atoms with van der Waals surface area (Å²) in [6.07, 6.45) is 6.02. The summed E-state index contributed by atoms with van der Waals surface area (Å²) >= 11 is 1.59. The maximum atomic E-state index is 12.4. The van der Waals surface area contributed by atoms with Crippen molar-refractivity contribution in [2.45, 2.75) is 26.3 Å². The van der Waals surface area contributed by atoms with Crippen LogP contribution in [0.3, 0.4) is 0 Å². The van der Waals surface area contributed by atoms with Gasteiger partial charge in [-0.05, 0) is 30.2 Å². The standard InChI is InChI=1S/C15H19N3OS/c1-11-9-20-10-13(11)15(19)17(2)7-12-3-4-14-16-5-6-18(14)8-12/h5-6,9-10,12H,3-4,7-8H2,1-2H3/t12-/m1/s1. The van der Waals surface area contributed by atoms with Gasteiger partial charge in [-0.15, -0.1) is 0 Å². The largest absolute Gasteiger partial charge is 0.341 e. The number of carbonyl (C=O) groups is 1. The Morgan fingerprint density at radius 1 is 1.55 bits per heavy atom. The Balaban J connectivity index is 1.64. The first kappa shape index (κ1) is 13.4. The molecular weight excluding hydrogens is 270 g/mol. The first-order valence-electron chi connectivity index (χ1n) is 6.93. The van der Waals surface area contributed by atoms with E-state index in [0.29, 0.717) is 5.92 Å². The number of thiophene rings is 1. The van der Waals surface area contributed by atoms with Gasteiger partial charge < -0.3 is 9.47 Å². The molecular formula is C15H19N3OS. The van der Waals surface area contributed by atoms with Crippen molar-refractivity contribution >= 4 is 17.2 Å². The van der Waals surface area contributed by atoms with Crippen LogP contribution in [0.2, 0.25) is 0 Å². The van der Waals surface area contributed by atoms with Crippen molar-refractivity contribution < 1.29 is 4.79 Å². The molecule has 3 rings (SSSR count). The second-order valence-corrected chi connectivity index (χ2v) is 6.30. The molecule has 2 aromatic rings. The van der Waals surface area contributed by atoms with E-state index in [9.17, 15) is 4.79 Å². The second kappa shape index (κ2) is 5.40. The Hall–Kier alpha value is -1.62. The van der Waals surface area contributed by atoms with Gasteiger partial charge in [-0.3, -0.25) is 4.79 Å². The quantitative estimate of drug-likeness (QED) is 0.871. The highest BCUT2D eigenvalue weighted by atomic mass is 32.1. The summed E-state index contributed by atoms with van der Waals surface area (Å²) in [5.41, 5.74) is 1.92. The highest BCUT2D eigenvalue weighted by molar-refractivity contribution is 7.08. The Kier molecular flexibility index (Phi) is 3.61. The Bertz CT molecular complexity index is 616. The topological polar surface area (TPSA) is 38.1 Å². The molecule has 1 amide bonds. The first-order chi connectivity index (χ1) is 9.65. The van der Waals surface area contributed by atoms with Crippen LogP contribution in [0.1, 0.15) is 28.2 Å². The van der Waals surface area contributed by atoms with Crippen LogP contribution in [0.15, 0.2) is 23.2 Å². The zero-order valence-corrected chi connectivity index (χ0v) is 12.7. The number of hydrogen-bond acceptors (Lipinski definition) is 3. The third-order valence-corrected chi connectivity index (χ3v) is 4.86. The van der Waals surface area contributed by atoms with Crippen LogP contribution < -0.4 is 0 Å². The van der Waals surface area contributed by atoms with Crippen molar-refractivity contribution in [2.75, 3.05) is 13.6 Å². The number of aryl methyl sites for hydroxylation is 2. The molecule has 106 valence electrons. The average Bonchev–Trinajstić information content (AvgIpc) is 3.05. The third-order valence-electron chi connectivity index (χ3n) is 4.00. The summed E-state index contributed by atoms with van der Waals surface area (Å²) in [5, 5.41) is 3.97. The van der Waals surface area contributed by atoms with Crippen LogP contribution in [-0.2, 0) is 13.0 Å². The number of carbonyl (C=O) groups excluding carboxylic acids is 1. The van der Waals surface area contributed by atoms with Crippen LogP contribution >= 0.6 is 11.3 Å². The van der Waals surface area contributed by atoms with Gasteiger partial charge in [-0.2, -0.15) is 11.3 Å². The monoisotopic (exact) mass is 289 g/mol. The van der Waals surface area contributed by atoms with Crippen molar-refractivity contribution in [2.24, 2.45) is 5.92 Å². The van der Waals surface area contributed by atoms with Gasteiger partial charge in [0.2, 0.25) is 0 Å². The van der Waals surface area contributed by atoms with Crippen LogP contribution in [0.4, 0.5) is 0 Å². The number of rotatable bonds is 3. The molecule has 3 heterocycles. The van der Waals surface area contributed by atoms with Crippen molar-refractivity contribution in [1.29, 1.82) is 0 Å². The molecule has 0 unspecified atom stereocenters. The third kappa shape index (κ3) is 2.50. The molecule has 0 saturated carbocycles. The zero-order chi connectivity index (χ0) is 14.1. The maximum Gasteiger partial charge on any atom is 0.254 e. The minimum absolute atomic E-state index is 0.139. The van der Waals surface area contributed by atoms with Gasteiger partial charge >= 0.3 is 0 Å². The van der Waals surface area contributed by atoms with Gasteiger partial charge in [0.15, 0.2) is 0 Å². The molecule has 20 heavy (non-hydrogen) atoms. The fraction of sp³-hybridized carbons (Fsp3) is 0.467. The molecule has 0 radical (unpaired) electrons. The summed E-state index contributed by atoms with van der Waals surface area (Å²) in [6, 6.07) is 0. The molecule has 4 nitrogen and oxygen atoms in total. The molecule has 2 aromatic heterocycles. The number of imidazole rings is 1. The summed E-state index contributed by atoms with van der Waals surface area (Å²) in [4.78, 5) is 18.6. The van der Waals surface area contributed by atoms with Gasteiger partial charge in [-0.1, -0.05) is 0 Å². The van der Waals surface area contributed by atoms with E-state index in [1.165, 1.54) is 5.82 Å². The molecule has 0 fully saturated rings. The van der Waals surface area contributed by atoms with Crippen LogP contribution in [-0.4, -0.2) is 34.0 Å². The van der Waals surface area contributed by atoms with Gasteiger partial charge in [0.1, 0.15) is 5.82 Å². The minimum Gasteiger partial charge on any atom is -0.341 e. The van der Waals surface area contributed by atoms with E-state index in [2.05, 4.69) is 9.55 Å². The lowest BCUT2D eigenvalue weighted by atomic mass is 9.98. The molecule has 5 heteroatoms. The molecule has 0 N–H and O–H groups in total. The SMILES string of the molecule is Cc1cscc1C(=O)N(C)C[C@H]1CCc2nccn2C1. The maximum absolute atomic E-state index is 12.4. The number of hydrogen-bond donors (Lipinski definition) is 0. The lowest BCUT2D eigenvalue weighted by Gasteiger charge is -2.28. The van der Waals surface area contributed by atoms with Gasteiger partial charge in [0, 0.05) is 44.3 Å². The lowest BCUT2D eigenvalue weighted by Crippen LogP contribution is -2.35. The summed E-state index contributed by atoms with van der Waals surface area (Å²) in [5.74, 6) is 1.83. The second-order valence-electron chi connectivity index (χ2n) is 5.55. The molecule has 0 aliphatic carbocycles. The minimum atomic E-state index is 0.139. The first-order valence-corrected chi connectivity index (χ1v) is 7.87. The zero-order valence-electron chi connectivity index (χ0n) is 11.9. The fourth-order valence-electron chi connectivity index (χ4n) is 2.84. The summed E-state index contributed by atoms with van der Waals surface area (Å²) in [7, 11) is 1.91. The summed E-state index contributed by atoms with van der Waals surface area (Å²) < 4.78 is 2.21. The van der Waals surface area contributed by atoms with Gasteiger partial charge in [0.25, 0.3) is 5.91 Å². The van der Waals surface area contributed by atoms with Crippen molar-refractivity contribution in [3.63, 3.8) is 0 Å². The van der Waals surface area contributed by atoms with Crippen molar-refractivity contribution in [3.8, 4) is 0 Å². The Morgan fingerprint density at radius 3 is 3.15 bits per heavy atom. The predicted octanol–water partition coefficient (Wildman–Crippen LogP) is 2.59. The molecule has 1 atom stereocenters. The van der Waals surface area contributed by atoms with E-state index >= 15 is 0 Å². The summed E-state index contributed by atoms with van der Waals surface area (Å²) in [6.45, 7) is 3.78. The van der Waals surface area contributed by atoms with Gasteiger partial charge in [0.05, 0.1) is 5.56 Å². The van der Waals surface area contributed by atoms with E-state index < -0.39 is 0 Å². The molecule has 0 spiro atoms. The van der Waals surface area contributed by atoms with E-state index in [0.717, 1.165) is 37.1 Å². The van der Waals surface area contributed by atoms with Crippen molar-refractivity contribution in [1.82, 2.24) is 14.5 Å². The Morgan fingerprint density at radius 2 is 2.40 bits per heavy atom. The Labute approximate surface area is 123 Å². The molecule has 0 bridgehead atoms. The van der Waals surface area contributed by atoms with Gasteiger partial charge in [-0.25, -0.2) is 4.98 Å². The van der Waals surface area contributed by atoms with Crippen LogP contribution in [0.25, 0.3) is 0 Å². The van der Waals surface area contributed by atoms with E-state index in [1.807, 2.05) is 42.0 Å². The van der Waals surface area contributed by atoms with E-state index in [1.54, 1.807) is 11.3 Å².